The first kappa shape index (κ1) is 10.3. The lowest BCUT2D eigenvalue weighted by Crippen LogP contribution is -2.30. The van der Waals surface area contributed by atoms with Gasteiger partial charge in [-0.2, -0.15) is 11.8 Å². The summed E-state index contributed by atoms with van der Waals surface area (Å²) in [5.41, 5.74) is 0. The first-order chi connectivity index (χ1) is 4.81. The Morgan fingerprint density at radius 1 is 1.60 bits per heavy atom. The fraction of sp³-hybridized carbons (Fsp3) is 1.00. The molecule has 0 aromatic heterocycles. The summed E-state index contributed by atoms with van der Waals surface area (Å²) in [7, 11) is 1.72. The maximum Gasteiger partial charge on any atom is 0.0587 e. The van der Waals surface area contributed by atoms with Crippen molar-refractivity contribution < 1.29 is 4.74 Å². The minimum Gasteiger partial charge on any atom is -0.383 e. The van der Waals surface area contributed by atoms with Crippen molar-refractivity contribution in [3.8, 4) is 0 Å². The van der Waals surface area contributed by atoms with Gasteiger partial charge in [0.1, 0.15) is 0 Å². The average molecular weight is 163 g/mol. The van der Waals surface area contributed by atoms with E-state index in [1.54, 1.807) is 7.11 Å². The van der Waals surface area contributed by atoms with Crippen LogP contribution in [0.15, 0.2) is 0 Å². The van der Waals surface area contributed by atoms with E-state index in [1.165, 1.54) is 5.75 Å². The molecular formula is C7H17NOS. The van der Waals surface area contributed by atoms with E-state index in [9.17, 15) is 0 Å². The van der Waals surface area contributed by atoms with Crippen LogP contribution in [-0.4, -0.2) is 38.3 Å². The highest BCUT2D eigenvalue weighted by molar-refractivity contribution is 7.98. The van der Waals surface area contributed by atoms with Gasteiger partial charge in [0.05, 0.1) is 6.61 Å². The molecule has 0 rings (SSSR count). The molecule has 0 bridgehead atoms. The van der Waals surface area contributed by atoms with E-state index in [4.69, 9.17) is 4.74 Å². The van der Waals surface area contributed by atoms with Crippen LogP contribution < -0.4 is 5.32 Å². The zero-order chi connectivity index (χ0) is 7.82. The van der Waals surface area contributed by atoms with Crippen molar-refractivity contribution >= 4 is 11.8 Å². The summed E-state index contributed by atoms with van der Waals surface area (Å²) in [6.07, 6.45) is 2.12. The zero-order valence-corrected chi connectivity index (χ0v) is 7.83. The molecule has 1 N–H and O–H groups in total. The fourth-order valence-electron chi connectivity index (χ4n) is 0.716. The quantitative estimate of drug-likeness (QED) is 0.590. The van der Waals surface area contributed by atoms with Crippen LogP contribution >= 0.6 is 11.8 Å². The van der Waals surface area contributed by atoms with Gasteiger partial charge < -0.3 is 10.1 Å². The Hall–Kier alpha value is 0.270. The minimum absolute atomic E-state index is 0.602. The minimum atomic E-state index is 0.602. The molecule has 0 aliphatic carbocycles. The van der Waals surface area contributed by atoms with Crippen LogP contribution in [0.4, 0.5) is 0 Å². The molecule has 0 aliphatic heterocycles. The summed E-state index contributed by atoms with van der Waals surface area (Å²) >= 11 is 1.86. The van der Waals surface area contributed by atoms with Gasteiger partial charge in [0.15, 0.2) is 0 Å². The summed E-state index contributed by atoms with van der Waals surface area (Å²) in [5, 5.41) is 3.34. The van der Waals surface area contributed by atoms with Crippen molar-refractivity contribution in [1.82, 2.24) is 5.32 Å². The molecule has 10 heavy (non-hydrogen) atoms. The maximum absolute atomic E-state index is 4.90. The molecule has 62 valence electrons. The summed E-state index contributed by atoms with van der Waals surface area (Å²) in [5.74, 6) is 1.17. The highest BCUT2D eigenvalue weighted by Gasteiger charge is 1.96. The summed E-state index contributed by atoms with van der Waals surface area (Å²) in [4.78, 5) is 0. The average Bonchev–Trinajstić information content (AvgIpc) is 1.89. The van der Waals surface area contributed by atoms with Crippen molar-refractivity contribution in [2.24, 2.45) is 0 Å². The molecule has 2 nitrogen and oxygen atoms in total. The van der Waals surface area contributed by atoms with E-state index in [0.717, 1.165) is 13.2 Å². The molecule has 1 unspecified atom stereocenters. The second-order valence-electron chi connectivity index (χ2n) is 2.30. The van der Waals surface area contributed by atoms with Crippen LogP contribution in [0.3, 0.4) is 0 Å². The van der Waals surface area contributed by atoms with Crippen molar-refractivity contribution in [2.75, 3.05) is 32.3 Å². The number of methoxy groups -OCH3 is 1. The standard InChI is InChI=1S/C7H17NOS/c1-7(6-10-3)8-4-5-9-2/h7-8H,4-6H2,1-3H3. The summed E-state index contributed by atoms with van der Waals surface area (Å²) < 4.78 is 4.90. The maximum atomic E-state index is 4.90. The molecule has 0 radical (unpaired) electrons. The lowest BCUT2D eigenvalue weighted by Gasteiger charge is -2.10. The van der Waals surface area contributed by atoms with Gasteiger partial charge >= 0.3 is 0 Å². The number of ether oxygens (including phenoxy) is 1. The number of hydrogen-bond acceptors (Lipinski definition) is 3. The summed E-state index contributed by atoms with van der Waals surface area (Å²) in [6.45, 7) is 3.95. The lowest BCUT2D eigenvalue weighted by atomic mass is 10.4. The molecule has 0 heterocycles. The SMILES string of the molecule is COCCNC(C)CSC. The van der Waals surface area contributed by atoms with Gasteiger partial charge in [-0.25, -0.2) is 0 Å². The van der Waals surface area contributed by atoms with Crippen LogP contribution in [0.1, 0.15) is 6.92 Å². The zero-order valence-electron chi connectivity index (χ0n) is 7.02. The van der Waals surface area contributed by atoms with Crippen LogP contribution in [0.5, 0.6) is 0 Å². The van der Waals surface area contributed by atoms with E-state index in [0.29, 0.717) is 6.04 Å². The van der Waals surface area contributed by atoms with Crippen LogP contribution in [0.25, 0.3) is 0 Å². The number of nitrogens with one attached hydrogen (secondary N) is 1. The van der Waals surface area contributed by atoms with E-state index in [-0.39, 0.29) is 0 Å². The second-order valence-corrected chi connectivity index (χ2v) is 3.21. The monoisotopic (exact) mass is 163 g/mol. The number of thioether (sulfide) groups is 1. The molecule has 0 aromatic carbocycles. The van der Waals surface area contributed by atoms with Gasteiger partial charge in [0.25, 0.3) is 0 Å². The summed E-state index contributed by atoms with van der Waals surface area (Å²) in [6, 6.07) is 0.602. The Morgan fingerprint density at radius 3 is 2.80 bits per heavy atom. The molecule has 0 saturated carbocycles. The Morgan fingerprint density at radius 2 is 2.30 bits per heavy atom. The van der Waals surface area contributed by atoms with Crippen LogP contribution in [0.2, 0.25) is 0 Å². The topological polar surface area (TPSA) is 21.3 Å². The third-order valence-electron chi connectivity index (χ3n) is 1.22. The number of rotatable bonds is 6. The van der Waals surface area contributed by atoms with Crippen molar-refractivity contribution in [3.05, 3.63) is 0 Å². The van der Waals surface area contributed by atoms with Crippen molar-refractivity contribution in [3.63, 3.8) is 0 Å². The van der Waals surface area contributed by atoms with Gasteiger partial charge in [-0.1, -0.05) is 0 Å². The Kier molecular flexibility index (Phi) is 7.58. The van der Waals surface area contributed by atoms with Crippen LogP contribution in [-0.2, 0) is 4.74 Å². The molecule has 0 spiro atoms. The Bertz CT molecular complexity index is 70.6. The van der Waals surface area contributed by atoms with E-state index in [1.807, 2.05) is 11.8 Å². The molecule has 0 aromatic rings. The smallest absolute Gasteiger partial charge is 0.0587 e. The van der Waals surface area contributed by atoms with Gasteiger partial charge in [-0.15, -0.1) is 0 Å². The molecular weight excluding hydrogens is 146 g/mol. The largest absolute Gasteiger partial charge is 0.383 e. The van der Waals surface area contributed by atoms with Crippen LogP contribution in [0, 0.1) is 0 Å². The van der Waals surface area contributed by atoms with Crippen molar-refractivity contribution in [2.45, 2.75) is 13.0 Å². The molecule has 0 saturated heterocycles. The van der Waals surface area contributed by atoms with E-state index < -0.39 is 0 Å². The highest BCUT2D eigenvalue weighted by Crippen LogP contribution is 1.94. The van der Waals surface area contributed by atoms with Gasteiger partial charge in [-0.3, -0.25) is 0 Å². The van der Waals surface area contributed by atoms with E-state index >= 15 is 0 Å². The number of hydrogen-bond donors (Lipinski definition) is 1. The van der Waals surface area contributed by atoms with Gasteiger partial charge in [0.2, 0.25) is 0 Å². The lowest BCUT2D eigenvalue weighted by molar-refractivity contribution is 0.197. The van der Waals surface area contributed by atoms with Gasteiger partial charge in [-0.05, 0) is 13.2 Å². The molecule has 3 heteroatoms. The van der Waals surface area contributed by atoms with Crippen molar-refractivity contribution in [1.29, 1.82) is 0 Å². The predicted octanol–water partition coefficient (Wildman–Crippen LogP) is 0.974. The molecule has 0 fully saturated rings. The normalized spacial score (nSPS) is 13.5. The van der Waals surface area contributed by atoms with Gasteiger partial charge in [0, 0.05) is 25.4 Å². The molecule has 1 atom stereocenters. The predicted molar refractivity (Wildman–Crippen MR) is 47.7 cm³/mol. The first-order valence-corrected chi connectivity index (χ1v) is 4.92. The highest BCUT2D eigenvalue weighted by atomic mass is 32.2. The fourth-order valence-corrected chi connectivity index (χ4v) is 1.33. The molecule has 0 amide bonds. The first-order valence-electron chi connectivity index (χ1n) is 3.52. The Balaban J connectivity index is 2.97. The third kappa shape index (κ3) is 6.39. The molecule has 0 aliphatic rings. The van der Waals surface area contributed by atoms with E-state index in [2.05, 4.69) is 18.5 Å². The third-order valence-corrected chi connectivity index (χ3v) is 2.05. The Labute approximate surface area is 67.7 Å². The second kappa shape index (κ2) is 7.38.